The number of hydrogen-bond donors (Lipinski definition) is 1. The van der Waals surface area contributed by atoms with Gasteiger partial charge in [-0.05, 0) is 33.3 Å². The van der Waals surface area contributed by atoms with Crippen LogP contribution in [0.1, 0.15) is 22.0 Å². The second-order valence-electron chi connectivity index (χ2n) is 6.95. The van der Waals surface area contributed by atoms with Crippen molar-refractivity contribution in [3.63, 3.8) is 0 Å². The fraction of sp³-hybridized carbons (Fsp3) is 0.120. The number of nitrogens with one attached hydrogen (secondary N) is 1. The van der Waals surface area contributed by atoms with Gasteiger partial charge in [0, 0.05) is 4.88 Å². The van der Waals surface area contributed by atoms with E-state index < -0.39 is 5.97 Å². The summed E-state index contributed by atoms with van der Waals surface area (Å²) >= 11 is 1.57. The number of carbonyl (C=O) groups is 2. The van der Waals surface area contributed by atoms with E-state index in [0.717, 1.165) is 26.8 Å². The molecular weight excluding hydrogens is 394 g/mol. The number of esters is 1. The van der Waals surface area contributed by atoms with Gasteiger partial charge < -0.3 is 10.1 Å². The van der Waals surface area contributed by atoms with Gasteiger partial charge in [0.1, 0.15) is 0 Å². The Morgan fingerprint density at radius 1 is 0.867 bits per heavy atom. The molecule has 0 spiro atoms. The Balaban J connectivity index is 1.35. The van der Waals surface area contributed by atoms with Crippen LogP contribution < -0.4 is 5.32 Å². The predicted molar refractivity (Wildman–Crippen MR) is 119 cm³/mol. The quantitative estimate of drug-likeness (QED) is 0.437. The lowest BCUT2D eigenvalue weighted by atomic mass is 10.1. The SMILES string of the molecule is O=C(COC(=O)Cc1ccc2ccccc2c1)N[C@H](c1ccccc1)c1cccs1. The van der Waals surface area contributed by atoms with Crippen molar-refractivity contribution in [2.24, 2.45) is 0 Å². The lowest BCUT2D eigenvalue weighted by molar-refractivity contribution is -0.148. The van der Waals surface area contributed by atoms with Crippen molar-refractivity contribution in [1.29, 1.82) is 0 Å². The summed E-state index contributed by atoms with van der Waals surface area (Å²) in [5.41, 5.74) is 1.84. The van der Waals surface area contributed by atoms with E-state index in [-0.39, 0.29) is 25.0 Å². The summed E-state index contributed by atoms with van der Waals surface area (Å²) in [4.78, 5) is 25.7. The number of carbonyl (C=O) groups excluding carboxylic acids is 2. The summed E-state index contributed by atoms with van der Waals surface area (Å²) in [6, 6.07) is 27.2. The largest absolute Gasteiger partial charge is 0.455 e. The number of hydrogen-bond acceptors (Lipinski definition) is 4. The predicted octanol–water partition coefficient (Wildman–Crippen LogP) is 4.89. The van der Waals surface area contributed by atoms with Gasteiger partial charge in [-0.15, -0.1) is 11.3 Å². The van der Waals surface area contributed by atoms with E-state index in [0.29, 0.717) is 0 Å². The molecule has 1 atom stereocenters. The minimum atomic E-state index is -0.423. The van der Waals surface area contributed by atoms with Crippen molar-refractivity contribution in [2.45, 2.75) is 12.5 Å². The topological polar surface area (TPSA) is 55.4 Å². The van der Waals surface area contributed by atoms with Crippen molar-refractivity contribution >= 4 is 34.0 Å². The standard InChI is InChI=1S/C25H21NO3S/c27-23(26-25(22-11-6-14-30-22)20-8-2-1-3-9-20)17-29-24(28)16-18-12-13-19-7-4-5-10-21(19)15-18/h1-15,25H,16-17H2,(H,26,27)/t25-/m1/s1. The molecule has 1 amide bonds. The van der Waals surface area contributed by atoms with E-state index in [4.69, 9.17) is 4.74 Å². The third-order valence-electron chi connectivity index (χ3n) is 4.79. The van der Waals surface area contributed by atoms with Crippen molar-refractivity contribution in [2.75, 3.05) is 6.61 Å². The van der Waals surface area contributed by atoms with Crippen molar-refractivity contribution < 1.29 is 14.3 Å². The van der Waals surface area contributed by atoms with Crippen LogP contribution in [0.2, 0.25) is 0 Å². The van der Waals surface area contributed by atoms with Crippen molar-refractivity contribution in [3.8, 4) is 0 Å². The summed E-state index contributed by atoms with van der Waals surface area (Å²) in [6.45, 7) is -0.304. The van der Waals surface area contributed by atoms with Gasteiger partial charge in [0.05, 0.1) is 12.5 Å². The average molecular weight is 416 g/mol. The molecule has 1 N–H and O–H groups in total. The van der Waals surface area contributed by atoms with Gasteiger partial charge in [0.2, 0.25) is 0 Å². The Morgan fingerprint density at radius 3 is 2.40 bits per heavy atom. The van der Waals surface area contributed by atoms with E-state index in [1.165, 1.54) is 0 Å². The molecule has 1 heterocycles. The summed E-state index contributed by atoms with van der Waals surface area (Å²) in [6.07, 6.45) is 0.130. The first-order chi connectivity index (χ1) is 14.7. The third kappa shape index (κ3) is 4.93. The van der Waals surface area contributed by atoms with Gasteiger partial charge in [-0.3, -0.25) is 9.59 Å². The van der Waals surface area contributed by atoms with E-state index in [1.54, 1.807) is 11.3 Å². The average Bonchev–Trinajstić information content (AvgIpc) is 3.31. The first kappa shape index (κ1) is 19.9. The lowest BCUT2D eigenvalue weighted by Crippen LogP contribution is -2.32. The van der Waals surface area contributed by atoms with E-state index in [9.17, 15) is 9.59 Å². The van der Waals surface area contributed by atoms with Gasteiger partial charge in [0.25, 0.3) is 5.91 Å². The number of rotatable bonds is 7. The fourth-order valence-corrected chi connectivity index (χ4v) is 4.14. The lowest BCUT2D eigenvalue weighted by Gasteiger charge is -2.18. The Morgan fingerprint density at radius 2 is 1.63 bits per heavy atom. The maximum absolute atomic E-state index is 12.5. The second kappa shape index (κ2) is 9.37. The van der Waals surface area contributed by atoms with Gasteiger partial charge >= 0.3 is 5.97 Å². The molecule has 4 rings (SSSR count). The Bertz CT molecular complexity index is 1140. The molecule has 3 aromatic carbocycles. The maximum Gasteiger partial charge on any atom is 0.310 e. The molecule has 0 aliphatic carbocycles. The highest BCUT2D eigenvalue weighted by molar-refractivity contribution is 7.10. The van der Waals surface area contributed by atoms with Gasteiger partial charge in [-0.25, -0.2) is 0 Å². The highest BCUT2D eigenvalue weighted by atomic mass is 32.1. The van der Waals surface area contributed by atoms with E-state index in [2.05, 4.69) is 5.32 Å². The number of benzene rings is 3. The minimum Gasteiger partial charge on any atom is -0.455 e. The normalized spacial score (nSPS) is 11.7. The fourth-order valence-electron chi connectivity index (χ4n) is 3.33. The molecule has 0 fully saturated rings. The van der Waals surface area contributed by atoms with Crippen LogP contribution in [0, 0.1) is 0 Å². The van der Waals surface area contributed by atoms with Crippen LogP contribution >= 0.6 is 11.3 Å². The Hall–Kier alpha value is -3.44. The maximum atomic E-state index is 12.5. The van der Waals surface area contributed by atoms with Gasteiger partial charge in [0.15, 0.2) is 6.61 Å². The molecule has 0 unspecified atom stereocenters. The van der Waals surface area contributed by atoms with Crippen LogP contribution in [0.25, 0.3) is 10.8 Å². The number of amides is 1. The molecule has 0 aliphatic heterocycles. The highest BCUT2D eigenvalue weighted by Crippen LogP contribution is 2.25. The number of ether oxygens (including phenoxy) is 1. The molecule has 0 radical (unpaired) electrons. The van der Waals surface area contributed by atoms with Crippen LogP contribution in [-0.2, 0) is 20.7 Å². The number of fused-ring (bicyclic) bond motifs is 1. The highest BCUT2D eigenvalue weighted by Gasteiger charge is 2.18. The zero-order valence-corrected chi connectivity index (χ0v) is 17.1. The monoisotopic (exact) mass is 415 g/mol. The Kier molecular flexibility index (Phi) is 6.20. The molecule has 5 heteroatoms. The van der Waals surface area contributed by atoms with E-state index in [1.807, 2.05) is 90.3 Å². The molecule has 4 nitrogen and oxygen atoms in total. The van der Waals surface area contributed by atoms with Crippen LogP contribution in [-0.4, -0.2) is 18.5 Å². The smallest absolute Gasteiger partial charge is 0.310 e. The molecule has 0 saturated carbocycles. The van der Waals surface area contributed by atoms with Crippen LogP contribution in [0.4, 0.5) is 0 Å². The molecule has 0 bridgehead atoms. The first-order valence-corrected chi connectivity index (χ1v) is 10.6. The van der Waals surface area contributed by atoms with Crippen molar-refractivity contribution in [3.05, 3.63) is 106 Å². The molecular formula is C25H21NO3S. The molecule has 150 valence electrons. The van der Waals surface area contributed by atoms with E-state index >= 15 is 0 Å². The Labute approximate surface area is 179 Å². The summed E-state index contributed by atoms with van der Waals surface area (Å²) in [5.74, 6) is -0.753. The molecule has 30 heavy (non-hydrogen) atoms. The molecule has 0 saturated heterocycles. The van der Waals surface area contributed by atoms with Crippen LogP contribution in [0.3, 0.4) is 0 Å². The summed E-state index contributed by atoms with van der Waals surface area (Å²) in [7, 11) is 0. The summed E-state index contributed by atoms with van der Waals surface area (Å²) < 4.78 is 5.23. The molecule has 1 aromatic heterocycles. The molecule has 4 aromatic rings. The first-order valence-electron chi connectivity index (χ1n) is 9.70. The van der Waals surface area contributed by atoms with Crippen LogP contribution in [0.15, 0.2) is 90.3 Å². The van der Waals surface area contributed by atoms with Crippen LogP contribution in [0.5, 0.6) is 0 Å². The number of thiophene rings is 1. The second-order valence-corrected chi connectivity index (χ2v) is 7.92. The summed E-state index contributed by atoms with van der Waals surface area (Å²) in [5, 5.41) is 7.14. The van der Waals surface area contributed by atoms with Gasteiger partial charge in [-0.2, -0.15) is 0 Å². The minimum absolute atomic E-state index is 0.130. The molecule has 0 aliphatic rings. The van der Waals surface area contributed by atoms with Crippen molar-refractivity contribution in [1.82, 2.24) is 5.32 Å². The zero-order valence-electron chi connectivity index (χ0n) is 16.3. The van der Waals surface area contributed by atoms with Gasteiger partial charge in [-0.1, -0.05) is 78.9 Å². The zero-order chi connectivity index (χ0) is 20.8. The third-order valence-corrected chi connectivity index (χ3v) is 5.73.